The molecule has 3 N–H and O–H groups in total. The lowest BCUT2D eigenvalue weighted by atomic mass is 10.2. The van der Waals surface area contributed by atoms with Crippen LogP contribution in [-0.2, 0) is 0 Å². The van der Waals surface area contributed by atoms with Gasteiger partial charge in [-0.25, -0.2) is 14.8 Å². The summed E-state index contributed by atoms with van der Waals surface area (Å²) in [5.74, 6) is 0.614. The van der Waals surface area contributed by atoms with Gasteiger partial charge in [0.1, 0.15) is 0 Å². The average Bonchev–Trinajstić information content (AvgIpc) is 2.69. The van der Waals surface area contributed by atoms with Crippen molar-refractivity contribution in [2.45, 2.75) is 0 Å². The summed E-state index contributed by atoms with van der Waals surface area (Å²) >= 11 is 0. The number of benzene rings is 1. The van der Waals surface area contributed by atoms with Gasteiger partial charge in [-0.05, 0) is 17.2 Å². The van der Waals surface area contributed by atoms with Crippen molar-refractivity contribution in [1.82, 2.24) is 20.2 Å². The first-order valence-electron chi connectivity index (χ1n) is 4.76. The van der Waals surface area contributed by atoms with Crippen LogP contribution >= 0.6 is 0 Å². The van der Waals surface area contributed by atoms with Crippen molar-refractivity contribution in [2.24, 2.45) is 0 Å². The summed E-state index contributed by atoms with van der Waals surface area (Å²) in [7, 11) is 0. The van der Waals surface area contributed by atoms with Crippen LogP contribution < -0.4 is 10.7 Å². The Balaban J connectivity index is 2.22. The van der Waals surface area contributed by atoms with Gasteiger partial charge in [-0.3, -0.25) is 4.98 Å². The van der Waals surface area contributed by atoms with Crippen molar-refractivity contribution in [2.75, 3.05) is 0 Å². The van der Waals surface area contributed by atoms with Crippen LogP contribution in [-0.4, -0.2) is 20.2 Å². The molecule has 0 fully saturated rings. The van der Waals surface area contributed by atoms with Crippen LogP contribution in [0.5, 0.6) is 0 Å². The molecular weight excluding hydrogens is 206 g/mol. The summed E-state index contributed by atoms with van der Waals surface area (Å²) in [6, 6.07) is 9.58. The first kappa shape index (κ1) is 8.78. The Bertz CT molecular complexity index is 685. The number of imidazole rings is 1. The van der Waals surface area contributed by atoms with Gasteiger partial charge >= 0.3 is 5.69 Å². The highest BCUT2D eigenvalue weighted by atomic mass is 16.1. The third-order valence-corrected chi connectivity index (χ3v) is 2.25. The zero-order chi connectivity index (χ0) is 11.0. The number of fused-ring (bicyclic) bond motifs is 1. The van der Waals surface area contributed by atoms with E-state index in [1.54, 1.807) is 0 Å². The molecule has 0 aliphatic carbocycles. The van der Waals surface area contributed by atoms with Crippen LogP contribution in [0.25, 0.3) is 22.7 Å². The van der Waals surface area contributed by atoms with Crippen LogP contribution in [0, 0.1) is 0 Å². The van der Waals surface area contributed by atoms with Gasteiger partial charge in [0.25, 0.3) is 11.5 Å². The molecule has 6 nitrogen and oxygen atoms in total. The maximum absolute atomic E-state index is 11.0. The van der Waals surface area contributed by atoms with E-state index in [4.69, 9.17) is 0 Å². The van der Waals surface area contributed by atoms with E-state index in [-0.39, 0.29) is 5.69 Å². The highest BCUT2D eigenvalue weighted by Gasteiger charge is 2.11. The summed E-state index contributed by atoms with van der Waals surface area (Å²) in [5, 5.41) is 7.91. The van der Waals surface area contributed by atoms with Gasteiger partial charge in [0, 0.05) is 5.10 Å². The number of hydrogen-bond acceptors (Lipinski definition) is 3. The fourth-order valence-corrected chi connectivity index (χ4v) is 1.51. The summed E-state index contributed by atoms with van der Waals surface area (Å²) in [5.41, 5.74) is 1.58. The van der Waals surface area contributed by atoms with Crippen LogP contribution in [0.3, 0.4) is 0 Å². The van der Waals surface area contributed by atoms with Crippen molar-refractivity contribution >= 4 is 11.3 Å². The Labute approximate surface area is 89.4 Å². The Morgan fingerprint density at radius 2 is 1.88 bits per heavy atom. The van der Waals surface area contributed by atoms with Gasteiger partial charge in [-0.15, -0.1) is 0 Å². The van der Waals surface area contributed by atoms with Crippen molar-refractivity contribution in [1.29, 1.82) is 0 Å². The molecule has 1 aromatic carbocycles. The van der Waals surface area contributed by atoms with Crippen molar-refractivity contribution < 1.29 is 4.98 Å². The Morgan fingerprint density at radius 3 is 2.69 bits per heavy atom. The lowest BCUT2D eigenvalue weighted by molar-refractivity contribution is -0.339. The largest absolute Gasteiger partial charge is 0.383 e. The van der Waals surface area contributed by atoms with E-state index in [2.05, 4.69) is 25.1 Å². The van der Waals surface area contributed by atoms with Gasteiger partial charge in [0.05, 0.1) is 5.56 Å². The predicted octanol–water partition coefficient (Wildman–Crippen LogP) is 0.127. The number of rotatable bonds is 1. The molecular formula is C10H8N5O+. The van der Waals surface area contributed by atoms with E-state index >= 15 is 0 Å². The highest BCUT2D eigenvalue weighted by molar-refractivity contribution is 5.61. The number of H-pyrrole nitrogens is 3. The molecule has 2 aromatic heterocycles. The van der Waals surface area contributed by atoms with E-state index in [1.807, 2.05) is 30.3 Å². The second-order valence-corrected chi connectivity index (χ2v) is 3.34. The minimum absolute atomic E-state index is 0.300. The molecule has 0 radical (unpaired) electrons. The molecule has 0 spiro atoms. The topological polar surface area (TPSA) is 88.6 Å². The van der Waals surface area contributed by atoms with Crippen LogP contribution in [0.1, 0.15) is 0 Å². The molecule has 0 aliphatic rings. The molecule has 0 saturated heterocycles. The van der Waals surface area contributed by atoms with Crippen molar-refractivity contribution in [3.8, 4) is 11.4 Å². The molecule has 3 rings (SSSR count). The Hall–Kier alpha value is -2.50. The summed E-state index contributed by atoms with van der Waals surface area (Å²) in [6.45, 7) is 0. The standard InChI is InChI=1S/C10H7N5O/c16-10-12-8-9(13-10)15-14-7(11-8)6-4-2-1-3-5-6/h1-5H,(H2,11,12,13,14,15,16)/p+1. The van der Waals surface area contributed by atoms with Gasteiger partial charge in [0.15, 0.2) is 0 Å². The van der Waals surface area contributed by atoms with E-state index in [1.165, 1.54) is 0 Å². The molecule has 0 saturated carbocycles. The van der Waals surface area contributed by atoms with Crippen LogP contribution in [0.4, 0.5) is 0 Å². The SMILES string of the molecule is O=c1[nH]c2nnc(-c3ccccc3)[nH+]c2[nH]1. The monoisotopic (exact) mass is 214 g/mol. The minimum Gasteiger partial charge on any atom is -0.271 e. The third kappa shape index (κ3) is 1.36. The molecule has 0 unspecified atom stereocenters. The third-order valence-electron chi connectivity index (χ3n) is 2.25. The van der Waals surface area contributed by atoms with Gasteiger partial charge in [-0.2, -0.15) is 0 Å². The van der Waals surface area contributed by atoms with Crippen LogP contribution in [0.15, 0.2) is 35.1 Å². The fourth-order valence-electron chi connectivity index (χ4n) is 1.51. The summed E-state index contributed by atoms with van der Waals surface area (Å²) in [4.78, 5) is 19.2. The fraction of sp³-hybridized carbons (Fsp3) is 0. The molecule has 0 atom stereocenters. The van der Waals surface area contributed by atoms with Gasteiger partial charge < -0.3 is 0 Å². The first-order chi connectivity index (χ1) is 7.83. The number of aromatic amines is 3. The maximum Gasteiger partial charge on any atom is 0.383 e. The normalized spacial score (nSPS) is 10.8. The smallest absolute Gasteiger partial charge is 0.271 e. The number of hydrogen-bond donors (Lipinski definition) is 2. The van der Waals surface area contributed by atoms with E-state index in [0.29, 0.717) is 17.1 Å². The predicted molar refractivity (Wildman–Crippen MR) is 56.5 cm³/mol. The quantitative estimate of drug-likeness (QED) is 0.603. The van der Waals surface area contributed by atoms with Crippen molar-refractivity contribution in [3.05, 3.63) is 40.8 Å². The zero-order valence-corrected chi connectivity index (χ0v) is 8.19. The minimum atomic E-state index is -0.300. The van der Waals surface area contributed by atoms with E-state index < -0.39 is 0 Å². The summed E-state index contributed by atoms with van der Waals surface area (Å²) in [6.07, 6.45) is 0. The number of aromatic nitrogens is 5. The van der Waals surface area contributed by atoms with Crippen molar-refractivity contribution in [3.63, 3.8) is 0 Å². The van der Waals surface area contributed by atoms with Gasteiger partial charge in [0.2, 0.25) is 5.65 Å². The van der Waals surface area contributed by atoms with Crippen LogP contribution in [0.2, 0.25) is 0 Å². The molecule has 0 amide bonds. The molecule has 0 aliphatic heterocycles. The Morgan fingerprint density at radius 1 is 1.06 bits per heavy atom. The lowest BCUT2D eigenvalue weighted by Crippen LogP contribution is -2.12. The summed E-state index contributed by atoms with van der Waals surface area (Å²) < 4.78 is 0. The first-order valence-corrected chi connectivity index (χ1v) is 4.76. The zero-order valence-electron chi connectivity index (χ0n) is 8.19. The average molecular weight is 214 g/mol. The highest BCUT2D eigenvalue weighted by Crippen LogP contribution is 2.10. The second kappa shape index (κ2) is 3.27. The molecule has 0 bridgehead atoms. The Kier molecular flexibility index (Phi) is 1.79. The van der Waals surface area contributed by atoms with E-state index in [9.17, 15) is 4.79 Å². The van der Waals surface area contributed by atoms with E-state index in [0.717, 1.165) is 5.56 Å². The van der Waals surface area contributed by atoms with Gasteiger partial charge in [-0.1, -0.05) is 18.2 Å². The molecule has 16 heavy (non-hydrogen) atoms. The molecule has 2 heterocycles. The molecule has 3 aromatic rings. The lowest BCUT2D eigenvalue weighted by Gasteiger charge is -1.92. The maximum atomic E-state index is 11.0. The second-order valence-electron chi connectivity index (χ2n) is 3.34. The molecule has 78 valence electrons. The molecule has 6 heteroatoms. The number of nitrogens with one attached hydrogen (secondary N) is 3. The number of nitrogens with zero attached hydrogens (tertiary/aromatic N) is 2.